The van der Waals surface area contributed by atoms with Gasteiger partial charge in [0.25, 0.3) is 0 Å². The molecule has 0 radical (unpaired) electrons. The first-order valence-electron chi connectivity index (χ1n) is 6.71. The molecule has 0 N–H and O–H groups in total. The monoisotopic (exact) mass is 304 g/mol. The predicted molar refractivity (Wildman–Crippen MR) is 83.3 cm³/mol. The van der Waals surface area contributed by atoms with Gasteiger partial charge in [-0.1, -0.05) is 29.8 Å². The summed E-state index contributed by atoms with van der Waals surface area (Å²) in [7, 11) is 1.58. The molecule has 0 saturated heterocycles. The fraction of sp³-hybridized carbons (Fsp3) is 0.235. The number of carbonyl (C=O) groups excluding carboxylic acids is 1. The smallest absolute Gasteiger partial charge is 0.140 e. The third-order valence-electron chi connectivity index (χ3n) is 3.02. The Hall–Kier alpha value is -2.00. The summed E-state index contributed by atoms with van der Waals surface area (Å²) in [6.07, 6.45) is 0.645. The van der Waals surface area contributed by atoms with Gasteiger partial charge in [0.2, 0.25) is 0 Å². The summed E-state index contributed by atoms with van der Waals surface area (Å²) in [5, 5.41) is 0.596. The van der Waals surface area contributed by atoms with E-state index in [0.717, 1.165) is 11.3 Å². The van der Waals surface area contributed by atoms with E-state index < -0.39 is 0 Å². The first kappa shape index (κ1) is 15.4. The molecule has 0 aliphatic heterocycles. The van der Waals surface area contributed by atoms with Gasteiger partial charge >= 0.3 is 0 Å². The van der Waals surface area contributed by atoms with Crippen LogP contribution in [0.5, 0.6) is 11.5 Å². The van der Waals surface area contributed by atoms with E-state index in [1.807, 2.05) is 30.3 Å². The quantitative estimate of drug-likeness (QED) is 0.777. The molecule has 0 aliphatic rings. The fourth-order valence-corrected chi connectivity index (χ4v) is 2.18. The average Bonchev–Trinajstić information content (AvgIpc) is 2.48. The van der Waals surface area contributed by atoms with Crippen molar-refractivity contribution in [1.29, 1.82) is 0 Å². The zero-order valence-corrected chi connectivity index (χ0v) is 12.6. The largest absolute Gasteiger partial charge is 0.496 e. The molecule has 3 nitrogen and oxygen atoms in total. The lowest BCUT2D eigenvalue weighted by Gasteiger charge is -2.09. The van der Waals surface area contributed by atoms with Gasteiger partial charge in [0, 0.05) is 23.4 Å². The number of Topliss-reactive ketones (excluding diaryl/α,β-unsaturated/α-hetero) is 1. The van der Waals surface area contributed by atoms with Gasteiger partial charge < -0.3 is 9.47 Å². The Labute approximate surface area is 129 Å². The SMILES string of the molecule is COc1ccc(Cl)cc1CC(=O)CCOc1ccccc1. The Morgan fingerprint density at radius 2 is 1.90 bits per heavy atom. The van der Waals surface area contributed by atoms with Crippen molar-refractivity contribution < 1.29 is 14.3 Å². The molecule has 0 amide bonds. The molecule has 0 unspecified atom stereocenters. The number of carbonyl (C=O) groups is 1. The standard InChI is InChI=1S/C17H17ClO3/c1-20-17-8-7-14(18)11-13(17)12-15(19)9-10-21-16-5-3-2-4-6-16/h2-8,11H,9-10,12H2,1H3. The van der Waals surface area contributed by atoms with Crippen molar-refractivity contribution in [3.63, 3.8) is 0 Å². The maximum atomic E-state index is 12.0. The lowest BCUT2D eigenvalue weighted by atomic mass is 10.1. The summed E-state index contributed by atoms with van der Waals surface area (Å²) >= 11 is 5.95. The molecule has 0 aromatic heterocycles. The van der Waals surface area contributed by atoms with E-state index in [1.165, 1.54) is 0 Å². The van der Waals surface area contributed by atoms with E-state index >= 15 is 0 Å². The van der Waals surface area contributed by atoms with E-state index in [0.29, 0.717) is 30.2 Å². The molecular weight excluding hydrogens is 288 g/mol. The van der Waals surface area contributed by atoms with Crippen LogP contribution in [0.3, 0.4) is 0 Å². The van der Waals surface area contributed by atoms with Crippen molar-refractivity contribution >= 4 is 17.4 Å². The van der Waals surface area contributed by atoms with Crippen LogP contribution < -0.4 is 9.47 Å². The number of para-hydroxylation sites is 1. The maximum absolute atomic E-state index is 12.0. The number of hydrogen-bond acceptors (Lipinski definition) is 3. The van der Waals surface area contributed by atoms with Gasteiger partial charge in [-0.3, -0.25) is 4.79 Å². The summed E-state index contributed by atoms with van der Waals surface area (Å²) in [5.41, 5.74) is 0.801. The molecule has 110 valence electrons. The van der Waals surface area contributed by atoms with Crippen LogP contribution in [0.25, 0.3) is 0 Å². The second kappa shape index (κ2) is 7.70. The van der Waals surface area contributed by atoms with Crippen molar-refractivity contribution in [2.24, 2.45) is 0 Å². The first-order chi connectivity index (χ1) is 10.2. The van der Waals surface area contributed by atoms with Crippen LogP contribution in [-0.2, 0) is 11.2 Å². The van der Waals surface area contributed by atoms with E-state index in [9.17, 15) is 4.79 Å². The van der Waals surface area contributed by atoms with Crippen LogP contribution in [0, 0.1) is 0 Å². The highest BCUT2D eigenvalue weighted by Crippen LogP contribution is 2.23. The van der Waals surface area contributed by atoms with Crippen molar-refractivity contribution in [2.75, 3.05) is 13.7 Å². The molecule has 2 aromatic carbocycles. The Morgan fingerprint density at radius 1 is 1.14 bits per heavy atom. The highest BCUT2D eigenvalue weighted by atomic mass is 35.5. The van der Waals surface area contributed by atoms with Gasteiger partial charge in [0.1, 0.15) is 17.3 Å². The Balaban J connectivity index is 1.86. The van der Waals surface area contributed by atoms with E-state index in [1.54, 1.807) is 25.3 Å². The predicted octanol–water partition coefficient (Wildman–Crippen LogP) is 3.93. The summed E-state index contributed by atoms with van der Waals surface area (Å²) < 4.78 is 10.7. The zero-order chi connectivity index (χ0) is 15.1. The Morgan fingerprint density at radius 3 is 2.62 bits per heavy atom. The number of methoxy groups -OCH3 is 1. The van der Waals surface area contributed by atoms with Gasteiger partial charge in [0.05, 0.1) is 13.7 Å². The van der Waals surface area contributed by atoms with Crippen LogP contribution in [-0.4, -0.2) is 19.5 Å². The van der Waals surface area contributed by atoms with Gasteiger partial charge in [-0.25, -0.2) is 0 Å². The van der Waals surface area contributed by atoms with E-state index in [2.05, 4.69) is 0 Å². The fourth-order valence-electron chi connectivity index (χ4n) is 1.99. The summed E-state index contributed by atoms with van der Waals surface area (Å²) in [6, 6.07) is 14.7. The van der Waals surface area contributed by atoms with Gasteiger partial charge in [-0.15, -0.1) is 0 Å². The second-order valence-electron chi connectivity index (χ2n) is 4.58. The molecule has 0 spiro atoms. The van der Waals surface area contributed by atoms with Crippen LogP contribution in [0.15, 0.2) is 48.5 Å². The molecule has 0 fully saturated rings. The molecule has 0 heterocycles. The van der Waals surface area contributed by atoms with E-state index in [4.69, 9.17) is 21.1 Å². The summed E-state index contributed by atoms with van der Waals surface area (Å²) in [6.45, 7) is 0.367. The molecule has 21 heavy (non-hydrogen) atoms. The molecule has 4 heteroatoms. The number of ether oxygens (including phenoxy) is 2. The van der Waals surface area contributed by atoms with Crippen LogP contribution in [0.4, 0.5) is 0 Å². The summed E-state index contributed by atoms with van der Waals surface area (Å²) in [5.74, 6) is 1.54. The minimum Gasteiger partial charge on any atom is -0.496 e. The van der Waals surface area contributed by atoms with Crippen LogP contribution in [0.2, 0.25) is 5.02 Å². The number of hydrogen-bond donors (Lipinski definition) is 0. The lowest BCUT2D eigenvalue weighted by molar-refractivity contribution is -0.118. The van der Waals surface area contributed by atoms with Gasteiger partial charge in [-0.2, -0.15) is 0 Å². The minimum absolute atomic E-state index is 0.0893. The molecule has 0 aliphatic carbocycles. The van der Waals surface area contributed by atoms with Crippen molar-refractivity contribution in [3.05, 3.63) is 59.1 Å². The maximum Gasteiger partial charge on any atom is 0.140 e. The Kier molecular flexibility index (Phi) is 5.64. The second-order valence-corrected chi connectivity index (χ2v) is 5.02. The lowest BCUT2D eigenvalue weighted by Crippen LogP contribution is -2.09. The number of benzene rings is 2. The molecule has 0 saturated carbocycles. The highest BCUT2D eigenvalue weighted by molar-refractivity contribution is 6.30. The van der Waals surface area contributed by atoms with Crippen molar-refractivity contribution in [3.8, 4) is 11.5 Å². The average molecular weight is 305 g/mol. The number of rotatable bonds is 7. The van der Waals surface area contributed by atoms with Crippen molar-refractivity contribution in [2.45, 2.75) is 12.8 Å². The normalized spacial score (nSPS) is 10.2. The van der Waals surface area contributed by atoms with Crippen molar-refractivity contribution in [1.82, 2.24) is 0 Å². The molecule has 2 rings (SSSR count). The topological polar surface area (TPSA) is 35.5 Å². The van der Waals surface area contributed by atoms with Crippen LogP contribution >= 0.6 is 11.6 Å². The molecule has 2 aromatic rings. The highest BCUT2D eigenvalue weighted by Gasteiger charge is 2.10. The first-order valence-corrected chi connectivity index (χ1v) is 7.09. The van der Waals surface area contributed by atoms with Gasteiger partial charge in [-0.05, 0) is 30.3 Å². The third kappa shape index (κ3) is 4.80. The van der Waals surface area contributed by atoms with E-state index in [-0.39, 0.29) is 5.78 Å². The third-order valence-corrected chi connectivity index (χ3v) is 3.26. The number of ketones is 1. The molecular formula is C17H17ClO3. The van der Waals surface area contributed by atoms with Gasteiger partial charge in [0.15, 0.2) is 0 Å². The number of halogens is 1. The zero-order valence-electron chi connectivity index (χ0n) is 11.8. The molecule has 0 atom stereocenters. The van der Waals surface area contributed by atoms with Crippen LogP contribution in [0.1, 0.15) is 12.0 Å². The molecule has 0 bridgehead atoms. The summed E-state index contributed by atoms with van der Waals surface area (Å²) in [4.78, 5) is 12.0. The minimum atomic E-state index is 0.0893. The Bertz CT molecular complexity index is 596.